The molecular formula is C10H9F3N4O. The first-order valence-electron chi connectivity index (χ1n) is 5.13. The predicted molar refractivity (Wildman–Crippen MR) is 56.4 cm³/mol. The molecule has 2 aromatic heterocycles. The van der Waals surface area contributed by atoms with Crippen LogP contribution in [-0.2, 0) is 12.6 Å². The second-order valence-electron chi connectivity index (χ2n) is 3.54. The maximum Gasteiger partial charge on any atom is 0.417 e. The van der Waals surface area contributed by atoms with E-state index in [1.807, 2.05) is 0 Å². The van der Waals surface area contributed by atoms with Crippen molar-refractivity contribution in [1.29, 1.82) is 0 Å². The molecule has 2 aromatic rings. The number of alkyl halides is 3. The molecule has 0 bridgehead atoms. The summed E-state index contributed by atoms with van der Waals surface area (Å²) in [7, 11) is 0. The zero-order valence-electron chi connectivity index (χ0n) is 9.32. The van der Waals surface area contributed by atoms with Crippen LogP contribution in [-0.4, -0.2) is 19.7 Å². The van der Waals surface area contributed by atoms with Crippen LogP contribution in [0.1, 0.15) is 18.3 Å². The molecule has 0 aliphatic rings. The summed E-state index contributed by atoms with van der Waals surface area (Å²) in [6.45, 7) is 1.77. The van der Waals surface area contributed by atoms with Crippen LogP contribution in [0.15, 0.2) is 23.1 Å². The summed E-state index contributed by atoms with van der Waals surface area (Å²) < 4.78 is 38.3. The Morgan fingerprint density at radius 3 is 2.61 bits per heavy atom. The van der Waals surface area contributed by atoms with Crippen LogP contribution in [0.3, 0.4) is 0 Å². The van der Waals surface area contributed by atoms with E-state index in [9.17, 15) is 18.0 Å². The Bertz CT molecular complexity index is 597. The van der Waals surface area contributed by atoms with Gasteiger partial charge in [-0.05, 0) is 12.1 Å². The van der Waals surface area contributed by atoms with Gasteiger partial charge in [0.1, 0.15) is 5.82 Å². The summed E-state index contributed by atoms with van der Waals surface area (Å²) in [4.78, 5) is 18.4. The van der Waals surface area contributed by atoms with Gasteiger partial charge in [0.05, 0.1) is 5.56 Å². The summed E-state index contributed by atoms with van der Waals surface area (Å²) in [6.07, 6.45) is -3.25. The Kier molecular flexibility index (Phi) is 2.93. The highest BCUT2D eigenvalue weighted by Gasteiger charge is 2.30. The Balaban J connectivity index is 2.43. The van der Waals surface area contributed by atoms with Gasteiger partial charge in [0, 0.05) is 12.6 Å². The lowest BCUT2D eigenvalue weighted by Gasteiger charge is -2.08. The van der Waals surface area contributed by atoms with E-state index in [4.69, 9.17) is 0 Å². The second-order valence-corrected chi connectivity index (χ2v) is 3.54. The molecule has 0 atom stereocenters. The van der Waals surface area contributed by atoms with Gasteiger partial charge < -0.3 is 0 Å². The lowest BCUT2D eigenvalue weighted by atomic mass is 10.3. The van der Waals surface area contributed by atoms with E-state index >= 15 is 0 Å². The molecule has 0 aliphatic heterocycles. The van der Waals surface area contributed by atoms with E-state index in [1.165, 1.54) is 10.7 Å². The number of H-pyrrole nitrogens is 1. The zero-order valence-corrected chi connectivity index (χ0v) is 9.32. The van der Waals surface area contributed by atoms with E-state index < -0.39 is 17.4 Å². The van der Waals surface area contributed by atoms with Crippen molar-refractivity contribution >= 4 is 0 Å². The van der Waals surface area contributed by atoms with Crippen LogP contribution in [0.4, 0.5) is 13.2 Å². The summed E-state index contributed by atoms with van der Waals surface area (Å²) >= 11 is 0. The van der Waals surface area contributed by atoms with E-state index in [1.54, 1.807) is 6.92 Å². The molecule has 0 aliphatic carbocycles. The van der Waals surface area contributed by atoms with Crippen molar-refractivity contribution in [3.8, 4) is 5.82 Å². The van der Waals surface area contributed by atoms with Crippen molar-refractivity contribution < 1.29 is 13.2 Å². The number of nitrogens with one attached hydrogen (secondary N) is 1. The van der Waals surface area contributed by atoms with Crippen molar-refractivity contribution in [2.45, 2.75) is 19.5 Å². The lowest BCUT2D eigenvalue weighted by Crippen LogP contribution is -2.09. The minimum Gasteiger partial charge on any atom is -0.244 e. The third-order valence-electron chi connectivity index (χ3n) is 2.32. The SMILES string of the molecule is CCc1nc(=O)[nH]n1-c1ccc(C(F)(F)F)cn1. The van der Waals surface area contributed by atoms with Gasteiger partial charge in [-0.1, -0.05) is 6.92 Å². The van der Waals surface area contributed by atoms with Crippen LogP contribution in [0.2, 0.25) is 0 Å². The summed E-state index contributed by atoms with van der Waals surface area (Å²) in [6, 6.07) is 2.08. The lowest BCUT2D eigenvalue weighted by molar-refractivity contribution is -0.137. The normalized spacial score (nSPS) is 11.8. The number of rotatable bonds is 2. The van der Waals surface area contributed by atoms with Crippen LogP contribution in [0.5, 0.6) is 0 Å². The minimum atomic E-state index is -4.43. The van der Waals surface area contributed by atoms with E-state index in [2.05, 4.69) is 15.1 Å². The Hall–Kier alpha value is -2.12. The van der Waals surface area contributed by atoms with Crippen LogP contribution >= 0.6 is 0 Å². The molecule has 0 saturated carbocycles. The van der Waals surface area contributed by atoms with Crippen molar-refractivity contribution in [2.75, 3.05) is 0 Å². The first kappa shape index (κ1) is 12.3. The van der Waals surface area contributed by atoms with E-state index in [-0.39, 0.29) is 5.82 Å². The predicted octanol–water partition coefficient (Wildman–Crippen LogP) is 1.54. The van der Waals surface area contributed by atoms with Crippen LogP contribution in [0.25, 0.3) is 5.82 Å². The first-order chi connectivity index (χ1) is 8.41. The average molecular weight is 258 g/mol. The van der Waals surface area contributed by atoms with Gasteiger partial charge in [-0.2, -0.15) is 18.2 Å². The van der Waals surface area contributed by atoms with E-state index in [0.717, 1.165) is 6.07 Å². The quantitative estimate of drug-likeness (QED) is 0.888. The molecule has 0 radical (unpaired) electrons. The molecular weight excluding hydrogens is 249 g/mol. The molecule has 18 heavy (non-hydrogen) atoms. The minimum absolute atomic E-state index is 0.189. The Morgan fingerprint density at radius 2 is 2.11 bits per heavy atom. The van der Waals surface area contributed by atoms with Gasteiger partial charge in [0.25, 0.3) is 0 Å². The smallest absolute Gasteiger partial charge is 0.244 e. The van der Waals surface area contributed by atoms with Gasteiger partial charge in [0.15, 0.2) is 5.82 Å². The molecule has 8 heteroatoms. The van der Waals surface area contributed by atoms with Crippen LogP contribution in [0, 0.1) is 0 Å². The Labute approximate surface area is 99.3 Å². The van der Waals surface area contributed by atoms with Crippen molar-refractivity contribution in [3.05, 3.63) is 40.2 Å². The third-order valence-corrected chi connectivity index (χ3v) is 2.32. The molecule has 2 rings (SSSR count). The number of pyridine rings is 1. The fraction of sp³-hybridized carbons (Fsp3) is 0.300. The molecule has 0 fully saturated rings. The third kappa shape index (κ3) is 2.27. The molecule has 0 aromatic carbocycles. The number of aryl methyl sites for hydroxylation is 1. The maximum absolute atomic E-state index is 12.4. The molecule has 0 spiro atoms. The number of nitrogens with zero attached hydrogens (tertiary/aromatic N) is 3. The summed E-state index contributed by atoms with van der Waals surface area (Å²) in [5.74, 6) is 0.599. The molecule has 0 unspecified atom stereocenters. The second kappa shape index (κ2) is 4.28. The standard InChI is InChI=1S/C10H9F3N4O/c1-2-7-15-9(18)16-17(7)8-4-3-6(5-14-8)10(11,12)13/h3-5H,2H2,1H3,(H,16,18). The number of aromatic nitrogens is 4. The molecule has 1 N–H and O–H groups in total. The molecule has 2 heterocycles. The van der Waals surface area contributed by atoms with Crippen LogP contribution < -0.4 is 5.69 Å². The van der Waals surface area contributed by atoms with Crippen molar-refractivity contribution in [2.24, 2.45) is 0 Å². The number of halogens is 3. The fourth-order valence-electron chi connectivity index (χ4n) is 1.47. The number of hydrogen-bond acceptors (Lipinski definition) is 3. The highest BCUT2D eigenvalue weighted by atomic mass is 19.4. The van der Waals surface area contributed by atoms with Gasteiger partial charge in [-0.25, -0.2) is 19.6 Å². The topological polar surface area (TPSA) is 63.6 Å². The molecule has 96 valence electrons. The molecule has 0 amide bonds. The van der Waals surface area contributed by atoms with Gasteiger partial charge in [-0.15, -0.1) is 0 Å². The van der Waals surface area contributed by atoms with Gasteiger partial charge in [-0.3, -0.25) is 0 Å². The number of hydrogen-bond donors (Lipinski definition) is 1. The molecule has 0 saturated heterocycles. The monoisotopic (exact) mass is 258 g/mol. The maximum atomic E-state index is 12.4. The van der Waals surface area contributed by atoms with E-state index in [0.29, 0.717) is 18.4 Å². The first-order valence-corrected chi connectivity index (χ1v) is 5.13. The highest BCUT2D eigenvalue weighted by Crippen LogP contribution is 2.28. The Morgan fingerprint density at radius 1 is 1.39 bits per heavy atom. The van der Waals surface area contributed by atoms with Crippen molar-refractivity contribution in [1.82, 2.24) is 19.7 Å². The highest BCUT2D eigenvalue weighted by molar-refractivity contribution is 5.26. The largest absolute Gasteiger partial charge is 0.417 e. The van der Waals surface area contributed by atoms with Gasteiger partial charge in [0.2, 0.25) is 0 Å². The number of aromatic amines is 1. The zero-order chi connectivity index (χ0) is 13.3. The average Bonchev–Trinajstić information content (AvgIpc) is 2.69. The molecule has 5 nitrogen and oxygen atoms in total. The van der Waals surface area contributed by atoms with Crippen molar-refractivity contribution in [3.63, 3.8) is 0 Å². The fourth-order valence-corrected chi connectivity index (χ4v) is 1.47. The van der Waals surface area contributed by atoms with Gasteiger partial charge >= 0.3 is 11.9 Å². The summed E-state index contributed by atoms with van der Waals surface area (Å²) in [5, 5.41) is 2.38. The summed E-state index contributed by atoms with van der Waals surface area (Å²) in [5.41, 5.74) is -1.40.